The van der Waals surface area contributed by atoms with Crippen LogP contribution in [0.15, 0.2) is 35.4 Å². The normalized spacial score (nSPS) is 15.5. The van der Waals surface area contributed by atoms with Gasteiger partial charge in [0.05, 0.1) is 0 Å². The predicted octanol–water partition coefficient (Wildman–Crippen LogP) is 2.68. The summed E-state index contributed by atoms with van der Waals surface area (Å²) in [5.74, 6) is -0.320. The Kier molecular flexibility index (Phi) is 4.71. The first kappa shape index (κ1) is 17.7. The van der Waals surface area contributed by atoms with E-state index in [1.54, 1.807) is 11.6 Å². The Morgan fingerprint density at radius 3 is 2.48 bits per heavy atom. The van der Waals surface area contributed by atoms with Gasteiger partial charge in [-0.15, -0.1) is 0 Å². The van der Waals surface area contributed by atoms with Gasteiger partial charge < -0.3 is 9.88 Å². The summed E-state index contributed by atoms with van der Waals surface area (Å²) in [6.07, 6.45) is 3.27. The summed E-state index contributed by atoms with van der Waals surface area (Å²) in [6.45, 7) is 4.96. The number of carbonyl (C=O) groups is 1. The first-order chi connectivity index (χ1) is 11.8. The molecule has 25 heavy (non-hydrogen) atoms. The number of nitrogens with zero attached hydrogens (tertiary/aromatic N) is 2. The van der Waals surface area contributed by atoms with Crippen LogP contribution in [0, 0.1) is 13.8 Å². The molecule has 1 aliphatic heterocycles. The van der Waals surface area contributed by atoms with Gasteiger partial charge in [-0.2, -0.15) is 4.31 Å². The molecule has 1 aliphatic rings. The summed E-state index contributed by atoms with van der Waals surface area (Å²) in [5, 5.41) is 2.87. The molecule has 1 fully saturated rings. The molecule has 1 N–H and O–H groups in total. The molecule has 6 nitrogen and oxygen atoms in total. The van der Waals surface area contributed by atoms with Crippen molar-refractivity contribution >= 4 is 21.6 Å². The lowest BCUT2D eigenvalue weighted by Gasteiger charge is -2.13. The van der Waals surface area contributed by atoms with E-state index in [9.17, 15) is 13.2 Å². The average Bonchev–Trinajstić information content (AvgIpc) is 3.21. The van der Waals surface area contributed by atoms with E-state index in [1.807, 2.05) is 32.0 Å². The molecule has 1 saturated heterocycles. The van der Waals surface area contributed by atoms with Gasteiger partial charge in [-0.1, -0.05) is 12.1 Å². The van der Waals surface area contributed by atoms with Crippen LogP contribution in [0.5, 0.6) is 0 Å². The zero-order chi connectivity index (χ0) is 18.2. The van der Waals surface area contributed by atoms with Crippen molar-refractivity contribution in [3.63, 3.8) is 0 Å². The van der Waals surface area contributed by atoms with Crippen LogP contribution in [0.4, 0.5) is 5.69 Å². The SMILES string of the molecule is Cc1ccc(C)c(NC(=O)c2cc(S(=O)(=O)N3CCCC3)cn2C)c1. The van der Waals surface area contributed by atoms with Crippen LogP contribution in [0.2, 0.25) is 0 Å². The van der Waals surface area contributed by atoms with E-state index in [1.165, 1.54) is 16.6 Å². The Morgan fingerprint density at radius 2 is 1.80 bits per heavy atom. The van der Waals surface area contributed by atoms with Gasteiger partial charge in [-0.3, -0.25) is 4.79 Å². The zero-order valence-electron chi connectivity index (χ0n) is 14.7. The molecule has 1 aromatic heterocycles. The molecule has 0 atom stereocenters. The number of carbonyl (C=O) groups excluding carboxylic acids is 1. The summed E-state index contributed by atoms with van der Waals surface area (Å²) in [7, 11) is -1.85. The van der Waals surface area contributed by atoms with Crippen LogP contribution in [0.3, 0.4) is 0 Å². The van der Waals surface area contributed by atoms with Crippen LogP contribution in [-0.2, 0) is 17.1 Å². The highest BCUT2D eigenvalue weighted by atomic mass is 32.2. The minimum Gasteiger partial charge on any atom is -0.345 e. The van der Waals surface area contributed by atoms with Crippen molar-refractivity contribution in [2.45, 2.75) is 31.6 Å². The first-order valence-electron chi connectivity index (χ1n) is 8.34. The van der Waals surface area contributed by atoms with Crippen LogP contribution in [-0.4, -0.2) is 36.3 Å². The summed E-state index contributed by atoms with van der Waals surface area (Å²) in [6, 6.07) is 7.28. The minimum absolute atomic E-state index is 0.169. The van der Waals surface area contributed by atoms with Crippen molar-refractivity contribution in [1.82, 2.24) is 8.87 Å². The summed E-state index contributed by atoms with van der Waals surface area (Å²) < 4.78 is 28.4. The van der Waals surface area contributed by atoms with Crippen molar-refractivity contribution in [3.05, 3.63) is 47.3 Å². The smallest absolute Gasteiger partial charge is 0.272 e. The number of aromatic nitrogens is 1. The third kappa shape index (κ3) is 3.48. The highest BCUT2D eigenvalue weighted by Crippen LogP contribution is 2.23. The van der Waals surface area contributed by atoms with Crippen LogP contribution in [0.25, 0.3) is 0 Å². The van der Waals surface area contributed by atoms with Crippen LogP contribution in [0.1, 0.15) is 34.5 Å². The summed E-state index contributed by atoms with van der Waals surface area (Å²) in [4.78, 5) is 12.8. The molecule has 1 aromatic carbocycles. The third-order valence-corrected chi connectivity index (χ3v) is 6.42. The fraction of sp³-hybridized carbons (Fsp3) is 0.389. The molecular weight excluding hydrogens is 338 g/mol. The standard InChI is InChI=1S/C18H23N3O3S/c1-13-6-7-14(2)16(10-13)19-18(22)17-11-15(12-20(17)3)25(23,24)21-8-4-5-9-21/h6-7,10-12H,4-5,8-9H2,1-3H3,(H,19,22). The fourth-order valence-electron chi connectivity index (χ4n) is 3.04. The van der Waals surface area contributed by atoms with Crippen LogP contribution >= 0.6 is 0 Å². The fourth-order valence-corrected chi connectivity index (χ4v) is 4.62. The van der Waals surface area contributed by atoms with E-state index in [-0.39, 0.29) is 10.8 Å². The number of sulfonamides is 1. The molecule has 134 valence electrons. The maximum Gasteiger partial charge on any atom is 0.272 e. The van der Waals surface area contributed by atoms with Gasteiger partial charge in [-0.25, -0.2) is 8.42 Å². The van der Waals surface area contributed by atoms with E-state index >= 15 is 0 Å². The van der Waals surface area contributed by atoms with Gasteiger partial charge in [-0.05, 0) is 49.9 Å². The molecule has 0 aliphatic carbocycles. The molecular formula is C18H23N3O3S. The predicted molar refractivity (Wildman–Crippen MR) is 97.3 cm³/mol. The minimum atomic E-state index is -3.53. The average molecular weight is 361 g/mol. The van der Waals surface area contributed by atoms with Gasteiger partial charge in [0, 0.05) is 32.0 Å². The van der Waals surface area contributed by atoms with Gasteiger partial charge in [0.1, 0.15) is 10.6 Å². The molecule has 0 radical (unpaired) electrons. The molecule has 0 spiro atoms. The van der Waals surface area contributed by atoms with Crippen LogP contribution < -0.4 is 5.32 Å². The molecule has 1 amide bonds. The summed E-state index contributed by atoms with van der Waals surface area (Å²) in [5.41, 5.74) is 3.05. The Morgan fingerprint density at radius 1 is 1.12 bits per heavy atom. The number of anilines is 1. The quantitative estimate of drug-likeness (QED) is 0.910. The van der Waals surface area contributed by atoms with Crippen molar-refractivity contribution < 1.29 is 13.2 Å². The van der Waals surface area contributed by atoms with Gasteiger partial charge in [0.2, 0.25) is 10.0 Å². The number of aryl methyl sites for hydroxylation is 3. The number of hydrogen-bond donors (Lipinski definition) is 1. The second-order valence-corrected chi connectivity index (χ2v) is 8.49. The zero-order valence-corrected chi connectivity index (χ0v) is 15.6. The van der Waals surface area contributed by atoms with Crippen molar-refractivity contribution in [3.8, 4) is 0 Å². The third-order valence-electron chi connectivity index (χ3n) is 4.56. The highest BCUT2D eigenvalue weighted by Gasteiger charge is 2.29. The topological polar surface area (TPSA) is 71.4 Å². The number of benzene rings is 1. The number of hydrogen-bond acceptors (Lipinski definition) is 3. The van der Waals surface area contributed by atoms with E-state index < -0.39 is 10.0 Å². The lowest BCUT2D eigenvalue weighted by atomic mass is 10.1. The van der Waals surface area contributed by atoms with E-state index in [2.05, 4.69) is 5.32 Å². The molecule has 7 heteroatoms. The molecule has 0 bridgehead atoms. The Labute approximate surface area is 148 Å². The van der Waals surface area contributed by atoms with Crippen molar-refractivity contribution in [2.24, 2.45) is 7.05 Å². The maximum atomic E-state index is 12.7. The number of amides is 1. The second-order valence-electron chi connectivity index (χ2n) is 6.56. The second kappa shape index (κ2) is 6.65. The molecule has 3 rings (SSSR count). The molecule has 0 saturated carbocycles. The van der Waals surface area contributed by atoms with Crippen molar-refractivity contribution in [1.29, 1.82) is 0 Å². The van der Waals surface area contributed by atoms with E-state index in [0.717, 1.165) is 29.7 Å². The molecule has 2 aromatic rings. The lowest BCUT2D eigenvalue weighted by molar-refractivity contribution is 0.101. The van der Waals surface area contributed by atoms with Gasteiger partial charge >= 0.3 is 0 Å². The number of rotatable bonds is 4. The molecule has 2 heterocycles. The molecule has 0 unspecified atom stereocenters. The highest BCUT2D eigenvalue weighted by molar-refractivity contribution is 7.89. The van der Waals surface area contributed by atoms with Gasteiger partial charge in [0.15, 0.2) is 0 Å². The first-order valence-corrected chi connectivity index (χ1v) is 9.78. The Hall–Kier alpha value is -2.12. The number of nitrogens with one attached hydrogen (secondary N) is 1. The Bertz CT molecular complexity index is 910. The largest absolute Gasteiger partial charge is 0.345 e. The monoisotopic (exact) mass is 361 g/mol. The summed E-state index contributed by atoms with van der Waals surface area (Å²) >= 11 is 0. The maximum absolute atomic E-state index is 12.7. The van der Waals surface area contributed by atoms with E-state index in [4.69, 9.17) is 0 Å². The lowest BCUT2D eigenvalue weighted by Crippen LogP contribution is -2.27. The van der Waals surface area contributed by atoms with Gasteiger partial charge in [0.25, 0.3) is 5.91 Å². The van der Waals surface area contributed by atoms with E-state index in [0.29, 0.717) is 18.8 Å². The Balaban J connectivity index is 1.87. The van der Waals surface area contributed by atoms with Crippen molar-refractivity contribution in [2.75, 3.05) is 18.4 Å².